The Kier molecular flexibility index (Phi) is 5.33. The first-order valence-electron chi connectivity index (χ1n) is 6.01. The van der Waals surface area contributed by atoms with E-state index in [1.807, 2.05) is 25.1 Å². The Labute approximate surface area is 98.3 Å². The van der Waals surface area contributed by atoms with Crippen molar-refractivity contribution in [3.05, 3.63) is 29.3 Å². The van der Waals surface area contributed by atoms with Gasteiger partial charge in [0.25, 0.3) is 0 Å². The number of aliphatic hydroxyl groups is 1. The van der Waals surface area contributed by atoms with Crippen LogP contribution in [0.5, 0.6) is 5.75 Å². The summed E-state index contributed by atoms with van der Waals surface area (Å²) in [7, 11) is 1.66. The number of hydrogen-bond acceptors (Lipinski definition) is 2. The first kappa shape index (κ1) is 13.0. The number of unbranched alkanes of at least 4 members (excludes halogenated alkanes) is 2. The number of hydrogen-bond donors (Lipinski definition) is 1. The smallest absolute Gasteiger partial charge is 0.122 e. The first-order chi connectivity index (χ1) is 7.69. The lowest BCUT2D eigenvalue weighted by Crippen LogP contribution is -1.99. The second kappa shape index (κ2) is 6.54. The van der Waals surface area contributed by atoms with Crippen molar-refractivity contribution in [1.29, 1.82) is 0 Å². The molecule has 1 N–H and O–H groups in total. The van der Waals surface area contributed by atoms with Crippen molar-refractivity contribution >= 4 is 0 Å². The number of benzene rings is 1. The van der Waals surface area contributed by atoms with Crippen LogP contribution in [0.1, 0.15) is 49.8 Å². The van der Waals surface area contributed by atoms with Gasteiger partial charge in [-0.05, 0) is 30.5 Å². The van der Waals surface area contributed by atoms with Crippen molar-refractivity contribution in [2.75, 3.05) is 7.11 Å². The van der Waals surface area contributed by atoms with Crippen LogP contribution in [0.3, 0.4) is 0 Å². The normalized spacial score (nSPS) is 12.5. The van der Waals surface area contributed by atoms with E-state index in [1.54, 1.807) is 7.11 Å². The molecule has 0 heterocycles. The van der Waals surface area contributed by atoms with Gasteiger partial charge in [0, 0.05) is 0 Å². The molecule has 1 aromatic rings. The zero-order valence-electron chi connectivity index (χ0n) is 10.5. The van der Waals surface area contributed by atoms with E-state index < -0.39 is 0 Å². The van der Waals surface area contributed by atoms with E-state index in [1.165, 1.54) is 12.8 Å². The van der Waals surface area contributed by atoms with Crippen molar-refractivity contribution in [1.82, 2.24) is 0 Å². The van der Waals surface area contributed by atoms with Gasteiger partial charge in [-0.1, -0.05) is 38.3 Å². The molecule has 0 aliphatic carbocycles. The molecular weight excluding hydrogens is 200 g/mol. The summed E-state index contributed by atoms with van der Waals surface area (Å²) in [4.78, 5) is 0. The van der Waals surface area contributed by atoms with Gasteiger partial charge in [0.1, 0.15) is 5.75 Å². The number of aryl methyl sites for hydroxylation is 1. The second-order valence-corrected chi connectivity index (χ2v) is 4.24. The molecule has 0 saturated carbocycles. The predicted octanol–water partition coefficient (Wildman–Crippen LogP) is 3.62. The molecule has 16 heavy (non-hydrogen) atoms. The highest BCUT2D eigenvalue weighted by Crippen LogP contribution is 2.25. The lowest BCUT2D eigenvalue weighted by Gasteiger charge is -2.13. The fraction of sp³-hybridized carbons (Fsp3) is 0.571. The van der Waals surface area contributed by atoms with Crippen molar-refractivity contribution in [3.63, 3.8) is 0 Å². The van der Waals surface area contributed by atoms with Gasteiger partial charge >= 0.3 is 0 Å². The molecule has 1 rings (SSSR count). The minimum absolute atomic E-state index is 0.360. The zero-order chi connectivity index (χ0) is 12.0. The summed E-state index contributed by atoms with van der Waals surface area (Å²) in [6, 6.07) is 5.91. The average molecular weight is 222 g/mol. The minimum atomic E-state index is -0.360. The van der Waals surface area contributed by atoms with Crippen LogP contribution in [-0.4, -0.2) is 12.2 Å². The van der Waals surface area contributed by atoms with Crippen LogP contribution >= 0.6 is 0 Å². The van der Waals surface area contributed by atoms with Crippen molar-refractivity contribution in [2.24, 2.45) is 0 Å². The molecule has 90 valence electrons. The van der Waals surface area contributed by atoms with Crippen LogP contribution in [0.25, 0.3) is 0 Å². The van der Waals surface area contributed by atoms with Crippen LogP contribution < -0.4 is 4.74 Å². The molecule has 0 aliphatic heterocycles. The minimum Gasteiger partial charge on any atom is -0.496 e. The summed E-state index contributed by atoms with van der Waals surface area (Å²) >= 11 is 0. The number of rotatable bonds is 6. The second-order valence-electron chi connectivity index (χ2n) is 4.24. The molecule has 1 unspecified atom stereocenters. The highest BCUT2D eigenvalue weighted by molar-refractivity contribution is 5.37. The molecule has 0 bridgehead atoms. The van der Waals surface area contributed by atoms with Gasteiger partial charge in [0.05, 0.1) is 13.2 Å². The van der Waals surface area contributed by atoms with Crippen LogP contribution in [0.4, 0.5) is 0 Å². The van der Waals surface area contributed by atoms with Crippen molar-refractivity contribution in [2.45, 2.75) is 45.6 Å². The van der Waals surface area contributed by atoms with E-state index in [0.717, 1.165) is 29.7 Å². The molecule has 0 saturated heterocycles. The predicted molar refractivity (Wildman–Crippen MR) is 66.8 cm³/mol. The number of aliphatic hydroxyl groups excluding tert-OH is 1. The maximum atomic E-state index is 10.0. The molecule has 1 aromatic carbocycles. The van der Waals surface area contributed by atoms with Crippen molar-refractivity contribution in [3.8, 4) is 5.75 Å². The third-order valence-electron chi connectivity index (χ3n) is 2.90. The summed E-state index contributed by atoms with van der Waals surface area (Å²) < 4.78 is 5.25. The zero-order valence-corrected chi connectivity index (χ0v) is 10.5. The van der Waals surface area contributed by atoms with Gasteiger partial charge in [0.2, 0.25) is 0 Å². The van der Waals surface area contributed by atoms with Gasteiger partial charge < -0.3 is 9.84 Å². The first-order valence-corrected chi connectivity index (χ1v) is 6.01. The maximum Gasteiger partial charge on any atom is 0.122 e. The molecule has 0 aliphatic rings. The molecule has 2 nitrogen and oxygen atoms in total. The van der Waals surface area contributed by atoms with Crippen LogP contribution in [0, 0.1) is 6.92 Å². The van der Waals surface area contributed by atoms with Crippen LogP contribution in [-0.2, 0) is 0 Å². The fourth-order valence-corrected chi connectivity index (χ4v) is 1.80. The van der Waals surface area contributed by atoms with E-state index in [-0.39, 0.29) is 6.10 Å². The monoisotopic (exact) mass is 222 g/mol. The van der Waals surface area contributed by atoms with Crippen LogP contribution in [0.2, 0.25) is 0 Å². The molecule has 0 amide bonds. The molecule has 1 atom stereocenters. The highest BCUT2D eigenvalue weighted by atomic mass is 16.5. The highest BCUT2D eigenvalue weighted by Gasteiger charge is 2.09. The van der Waals surface area contributed by atoms with E-state index in [4.69, 9.17) is 4.74 Å². The number of methoxy groups -OCH3 is 1. The van der Waals surface area contributed by atoms with Crippen molar-refractivity contribution < 1.29 is 9.84 Å². The fourth-order valence-electron chi connectivity index (χ4n) is 1.80. The van der Waals surface area contributed by atoms with Gasteiger partial charge in [-0.3, -0.25) is 0 Å². The Balaban J connectivity index is 2.64. The van der Waals surface area contributed by atoms with Gasteiger partial charge in [0.15, 0.2) is 0 Å². The summed E-state index contributed by atoms with van der Waals surface area (Å²) in [5, 5.41) is 10.0. The topological polar surface area (TPSA) is 29.5 Å². The Morgan fingerprint density at radius 2 is 2.06 bits per heavy atom. The molecule has 0 aromatic heterocycles. The largest absolute Gasteiger partial charge is 0.496 e. The Morgan fingerprint density at radius 3 is 2.69 bits per heavy atom. The molecule has 2 heteroatoms. The van der Waals surface area contributed by atoms with Crippen LogP contribution in [0.15, 0.2) is 18.2 Å². The summed E-state index contributed by atoms with van der Waals surface area (Å²) in [5.41, 5.74) is 2.06. The standard InChI is InChI=1S/C14H22O2/c1-4-5-6-7-13(15)12-9-8-11(2)14(10-12)16-3/h8-10,13,15H,4-7H2,1-3H3. The van der Waals surface area contributed by atoms with E-state index in [9.17, 15) is 5.11 Å². The Hall–Kier alpha value is -1.02. The maximum absolute atomic E-state index is 10.0. The van der Waals surface area contributed by atoms with E-state index >= 15 is 0 Å². The molecule has 0 spiro atoms. The summed E-state index contributed by atoms with van der Waals surface area (Å²) in [6.07, 6.45) is 3.92. The quantitative estimate of drug-likeness (QED) is 0.745. The molecule has 0 fully saturated rings. The Morgan fingerprint density at radius 1 is 1.31 bits per heavy atom. The Bertz CT molecular complexity index is 321. The third kappa shape index (κ3) is 3.53. The molecular formula is C14H22O2. The number of ether oxygens (including phenoxy) is 1. The van der Waals surface area contributed by atoms with E-state index in [0.29, 0.717) is 0 Å². The third-order valence-corrected chi connectivity index (χ3v) is 2.90. The summed E-state index contributed by atoms with van der Waals surface area (Å²) in [5.74, 6) is 0.854. The van der Waals surface area contributed by atoms with Gasteiger partial charge in [-0.25, -0.2) is 0 Å². The average Bonchev–Trinajstić information content (AvgIpc) is 2.30. The van der Waals surface area contributed by atoms with E-state index in [2.05, 4.69) is 6.92 Å². The van der Waals surface area contributed by atoms with Gasteiger partial charge in [-0.15, -0.1) is 0 Å². The SMILES string of the molecule is CCCCCC(O)c1ccc(C)c(OC)c1. The lowest BCUT2D eigenvalue weighted by molar-refractivity contribution is 0.163. The van der Waals surface area contributed by atoms with Gasteiger partial charge in [-0.2, -0.15) is 0 Å². The summed E-state index contributed by atoms with van der Waals surface area (Å²) in [6.45, 7) is 4.17. The lowest BCUT2D eigenvalue weighted by atomic mass is 10.0. The molecule has 0 radical (unpaired) electrons.